The monoisotopic (exact) mass is 359 g/mol. The van der Waals surface area contributed by atoms with Crippen LogP contribution in [0.2, 0.25) is 0 Å². The van der Waals surface area contributed by atoms with Crippen molar-refractivity contribution in [3.8, 4) is 11.3 Å². The zero-order valence-electron chi connectivity index (χ0n) is 15.4. The number of carbonyl (C=O) groups is 1. The van der Waals surface area contributed by atoms with Crippen molar-refractivity contribution in [3.63, 3.8) is 0 Å². The number of nitrogens with zero attached hydrogens (tertiary/aromatic N) is 3. The highest BCUT2D eigenvalue weighted by molar-refractivity contribution is 6.00. The van der Waals surface area contributed by atoms with Crippen LogP contribution in [0.25, 0.3) is 22.3 Å². The summed E-state index contributed by atoms with van der Waals surface area (Å²) in [5.74, 6) is 1.12. The molecule has 5 rings (SSSR count). The van der Waals surface area contributed by atoms with Gasteiger partial charge in [-0.25, -0.2) is 9.97 Å². The molecule has 27 heavy (non-hydrogen) atoms. The second-order valence-electron chi connectivity index (χ2n) is 7.31. The van der Waals surface area contributed by atoms with Gasteiger partial charge in [0, 0.05) is 43.0 Å². The Morgan fingerprint density at radius 3 is 2.96 bits per heavy atom. The van der Waals surface area contributed by atoms with Gasteiger partial charge in [-0.2, -0.15) is 0 Å². The Hall–Kier alpha value is -3.15. The van der Waals surface area contributed by atoms with Crippen LogP contribution in [0, 0.1) is 6.92 Å². The zero-order chi connectivity index (χ0) is 18.5. The molecule has 4 heterocycles. The molecule has 0 unspecified atom stereocenters. The molecule has 0 saturated carbocycles. The van der Waals surface area contributed by atoms with Crippen molar-refractivity contribution >= 4 is 22.8 Å². The van der Waals surface area contributed by atoms with E-state index in [0.717, 1.165) is 58.0 Å². The first-order valence-electron chi connectivity index (χ1n) is 9.27. The van der Waals surface area contributed by atoms with E-state index >= 15 is 0 Å². The van der Waals surface area contributed by atoms with Gasteiger partial charge in [0.25, 0.3) is 5.91 Å². The molecule has 3 aromatic rings. The predicted molar refractivity (Wildman–Crippen MR) is 106 cm³/mol. The lowest BCUT2D eigenvalue weighted by atomic mass is 9.94. The lowest BCUT2D eigenvalue weighted by molar-refractivity contribution is 0.0940. The number of carbonyl (C=O) groups excluding carboxylic acids is 1. The molecule has 2 N–H and O–H groups in total. The second-order valence-corrected chi connectivity index (χ2v) is 7.31. The van der Waals surface area contributed by atoms with E-state index in [9.17, 15) is 4.79 Å². The third kappa shape index (κ3) is 2.51. The van der Waals surface area contributed by atoms with Crippen molar-refractivity contribution in [1.29, 1.82) is 0 Å². The van der Waals surface area contributed by atoms with Crippen LogP contribution >= 0.6 is 0 Å². The fourth-order valence-electron chi connectivity index (χ4n) is 4.05. The standard InChI is InChI=1S/C21H21N5O/c1-12-20-25-19-14(7-5-8-16(19)23-12)17-10-15-18(24-17)13(11-22-21(15)27)6-3-4-9-26(20)2/h3-5,7-8,10,13,24H,6,9,11H2,1-2H3,(H,22,27)/b4-3-/t13-/m1/s1. The van der Waals surface area contributed by atoms with E-state index in [0.29, 0.717) is 6.54 Å². The van der Waals surface area contributed by atoms with E-state index in [2.05, 4.69) is 27.4 Å². The number of para-hydroxylation sites is 1. The summed E-state index contributed by atoms with van der Waals surface area (Å²) in [6, 6.07) is 7.97. The van der Waals surface area contributed by atoms with Gasteiger partial charge in [0.2, 0.25) is 0 Å². The smallest absolute Gasteiger partial charge is 0.253 e. The maximum absolute atomic E-state index is 12.4. The highest BCUT2D eigenvalue weighted by Crippen LogP contribution is 2.34. The summed E-state index contributed by atoms with van der Waals surface area (Å²) in [5, 5.41) is 3.01. The molecule has 0 saturated heterocycles. The molecule has 0 fully saturated rings. The van der Waals surface area contributed by atoms with Gasteiger partial charge in [-0.3, -0.25) is 4.79 Å². The number of allylic oxidation sites excluding steroid dienone is 1. The minimum atomic E-state index is -0.0117. The Morgan fingerprint density at radius 2 is 2.07 bits per heavy atom. The van der Waals surface area contributed by atoms with E-state index in [-0.39, 0.29) is 11.8 Å². The van der Waals surface area contributed by atoms with Crippen LogP contribution < -0.4 is 10.2 Å². The summed E-state index contributed by atoms with van der Waals surface area (Å²) in [6.45, 7) is 3.42. The molecule has 0 aliphatic carbocycles. The quantitative estimate of drug-likeness (QED) is 0.605. The first-order chi connectivity index (χ1) is 13.1. The highest BCUT2D eigenvalue weighted by atomic mass is 16.1. The summed E-state index contributed by atoms with van der Waals surface area (Å²) in [4.78, 5) is 27.8. The molecule has 0 radical (unpaired) electrons. The van der Waals surface area contributed by atoms with Crippen molar-refractivity contribution in [2.45, 2.75) is 19.3 Å². The number of likely N-dealkylation sites (N-methyl/N-ethyl adjacent to an activating group) is 1. The van der Waals surface area contributed by atoms with E-state index in [1.807, 2.05) is 38.2 Å². The number of amides is 1. The number of aromatic amines is 1. The van der Waals surface area contributed by atoms with Crippen LogP contribution in [-0.2, 0) is 0 Å². The number of anilines is 1. The normalized spacial score (nSPS) is 20.0. The molecular weight excluding hydrogens is 338 g/mol. The van der Waals surface area contributed by atoms with Gasteiger partial charge in [0.1, 0.15) is 5.52 Å². The van der Waals surface area contributed by atoms with Gasteiger partial charge in [0.05, 0.1) is 16.8 Å². The number of aromatic nitrogens is 3. The van der Waals surface area contributed by atoms with E-state index in [1.165, 1.54) is 0 Å². The predicted octanol–water partition coefficient (Wildman–Crippen LogP) is 3.16. The highest BCUT2D eigenvalue weighted by Gasteiger charge is 2.28. The number of benzene rings is 1. The van der Waals surface area contributed by atoms with Crippen molar-refractivity contribution in [2.75, 3.05) is 25.0 Å². The van der Waals surface area contributed by atoms with Crippen LogP contribution in [0.15, 0.2) is 36.4 Å². The van der Waals surface area contributed by atoms with Gasteiger partial charge in [0.15, 0.2) is 5.82 Å². The molecule has 1 atom stereocenters. The number of rotatable bonds is 0. The minimum Gasteiger partial charge on any atom is -0.357 e. The largest absolute Gasteiger partial charge is 0.357 e. The average molecular weight is 359 g/mol. The molecule has 1 aromatic carbocycles. The number of hydrogen-bond donors (Lipinski definition) is 2. The van der Waals surface area contributed by atoms with Gasteiger partial charge < -0.3 is 15.2 Å². The van der Waals surface area contributed by atoms with Crippen LogP contribution in [-0.4, -0.2) is 41.0 Å². The average Bonchev–Trinajstić information content (AvgIpc) is 3.11. The van der Waals surface area contributed by atoms with Crippen molar-refractivity contribution in [2.24, 2.45) is 0 Å². The maximum Gasteiger partial charge on any atom is 0.253 e. The fraction of sp³-hybridized carbons (Fsp3) is 0.286. The van der Waals surface area contributed by atoms with E-state index < -0.39 is 0 Å². The van der Waals surface area contributed by atoms with Gasteiger partial charge in [-0.05, 0) is 25.5 Å². The first-order valence-corrected chi connectivity index (χ1v) is 9.27. The Bertz CT molecular complexity index is 1100. The maximum atomic E-state index is 12.4. The molecule has 2 aliphatic rings. The SMILES string of the molecule is Cc1nc2cccc3c2nc1N(C)C/C=C\C[C@@H]1CNC(=O)c2cc-3[nH]c21. The number of aryl methyl sites for hydroxylation is 1. The summed E-state index contributed by atoms with van der Waals surface area (Å²) in [5.41, 5.74) is 6.27. The summed E-state index contributed by atoms with van der Waals surface area (Å²) in [6.07, 6.45) is 5.23. The van der Waals surface area contributed by atoms with E-state index in [1.54, 1.807) is 0 Å². The van der Waals surface area contributed by atoms with Gasteiger partial charge in [-0.15, -0.1) is 0 Å². The summed E-state index contributed by atoms with van der Waals surface area (Å²) >= 11 is 0. The zero-order valence-corrected chi connectivity index (χ0v) is 15.4. The molecule has 0 spiro atoms. The van der Waals surface area contributed by atoms with Crippen molar-refractivity contribution in [3.05, 3.63) is 53.4 Å². The fourth-order valence-corrected chi connectivity index (χ4v) is 4.05. The lowest BCUT2D eigenvalue weighted by Crippen LogP contribution is -2.34. The Kier molecular flexibility index (Phi) is 3.53. The molecule has 6 heteroatoms. The van der Waals surface area contributed by atoms with Crippen molar-refractivity contribution in [1.82, 2.24) is 20.3 Å². The molecule has 4 bridgehead atoms. The van der Waals surface area contributed by atoms with Crippen LogP contribution in [0.3, 0.4) is 0 Å². The number of hydrogen-bond acceptors (Lipinski definition) is 4. The molecule has 2 aromatic heterocycles. The molecule has 136 valence electrons. The number of H-pyrrole nitrogens is 1. The molecule has 1 amide bonds. The third-order valence-corrected chi connectivity index (χ3v) is 5.47. The Balaban J connectivity index is 1.81. The molecule has 2 aliphatic heterocycles. The van der Waals surface area contributed by atoms with Crippen LogP contribution in [0.4, 0.5) is 5.82 Å². The van der Waals surface area contributed by atoms with Gasteiger partial charge in [-0.1, -0.05) is 24.3 Å². The van der Waals surface area contributed by atoms with Crippen LogP contribution in [0.1, 0.15) is 34.1 Å². The van der Waals surface area contributed by atoms with Crippen molar-refractivity contribution < 1.29 is 4.79 Å². The minimum absolute atomic E-state index is 0.0117. The second kappa shape index (κ2) is 5.94. The third-order valence-electron chi connectivity index (χ3n) is 5.47. The Morgan fingerprint density at radius 1 is 1.19 bits per heavy atom. The topological polar surface area (TPSA) is 73.9 Å². The van der Waals surface area contributed by atoms with Crippen LogP contribution in [0.5, 0.6) is 0 Å². The Labute approximate surface area is 157 Å². The number of fused-ring (bicyclic) bond motifs is 3. The number of nitrogens with one attached hydrogen (secondary N) is 2. The first kappa shape index (κ1) is 16.1. The van der Waals surface area contributed by atoms with E-state index in [4.69, 9.17) is 9.97 Å². The summed E-state index contributed by atoms with van der Waals surface area (Å²) in [7, 11) is 2.04. The van der Waals surface area contributed by atoms with Gasteiger partial charge >= 0.3 is 0 Å². The molecule has 6 nitrogen and oxygen atoms in total. The summed E-state index contributed by atoms with van der Waals surface area (Å²) < 4.78 is 0. The molecular formula is C21H21N5O. The lowest BCUT2D eigenvalue weighted by Gasteiger charge is -2.22.